The first-order valence-corrected chi connectivity index (χ1v) is 10.1. The average Bonchev–Trinajstić information content (AvgIpc) is 3.06. The molecule has 10 heteroatoms. The first-order chi connectivity index (χ1) is 13.9. The van der Waals surface area contributed by atoms with Crippen molar-refractivity contribution in [2.45, 2.75) is 0 Å². The van der Waals surface area contributed by atoms with Crippen LogP contribution >= 0.6 is 34.5 Å². The Morgan fingerprint density at radius 2 is 1.72 bits per heavy atom. The maximum Gasteiger partial charge on any atom is 0.251 e. The van der Waals surface area contributed by atoms with Crippen molar-refractivity contribution < 1.29 is 9.59 Å². The lowest BCUT2D eigenvalue weighted by atomic mass is 10.1. The van der Waals surface area contributed by atoms with Gasteiger partial charge in [-0.15, -0.1) is 0 Å². The smallest absolute Gasteiger partial charge is 0.251 e. The summed E-state index contributed by atoms with van der Waals surface area (Å²) in [5.41, 5.74) is 12.7. The number of nitrogens with zero attached hydrogens (tertiary/aromatic N) is 1. The van der Waals surface area contributed by atoms with E-state index in [-0.39, 0.29) is 32.2 Å². The van der Waals surface area contributed by atoms with E-state index >= 15 is 0 Å². The molecule has 0 radical (unpaired) electrons. The summed E-state index contributed by atoms with van der Waals surface area (Å²) in [6, 6.07) is 11.6. The number of hydrogen-bond acceptors (Lipinski definition) is 7. The Balaban J connectivity index is 1.77. The Morgan fingerprint density at radius 1 is 1.07 bits per heavy atom. The first-order valence-electron chi connectivity index (χ1n) is 8.51. The first kappa shape index (κ1) is 21.1. The van der Waals surface area contributed by atoms with Gasteiger partial charge in [-0.05, 0) is 36.4 Å². The quantitative estimate of drug-likeness (QED) is 0.407. The van der Waals surface area contributed by atoms with Crippen molar-refractivity contribution in [3.8, 4) is 0 Å². The van der Waals surface area contributed by atoms with Crippen molar-refractivity contribution in [2.75, 3.05) is 24.1 Å². The molecule has 0 aliphatic rings. The van der Waals surface area contributed by atoms with E-state index in [1.54, 1.807) is 42.5 Å². The topological polar surface area (TPSA) is 123 Å². The standard InChI is InChI=1S/C19H17Cl2N5O2S/c20-12-2-1-3-13(21)14(12)15(27)16-17(23)26-19(29-16)25-11-6-4-10(5-7-11)18(28)24-9-8-22/h1-7H,8-9,22-23H2,(H,24,28)(H,25,26). The Kier molecular flexibility index (Phi) is 6.71. The van der Waals surface area contributed by atoms with Gasteiger partial charge in [-0.3, -0.25) is 9.59 Å². The van der Waals surface area contributed by atoms with Crippen molar-refractivity contribution in [1.82, 2.24) is 10.3 Å². The molecule has 6 N–H and O–H groups in total. The van der Waals surface area contributed by atoms with Crippen LogP contribution in [-0.4, -0.2) is 29.8 Å². The molecule has 29 heavy (non-hydrogen) atoms. The summed E-state index contributed by atoms with van der Waals surface area (Å²) in [5, 5.41) is 6.68. The van der Waals surface area contributed by atoms with Crippen LogP contribution in [0.1, 0.15) is 25.6 Å². The van der Waals surface area contributed by atoms with Gasteiger partial charge >= 0.3 is 0 Å². The molecule has 3 rings (SSSR count). The third-order valence-electron chi connectivity index (χ3n) is 3.88. The molecule has 0 aliphatic carbocycles. The summed E-state index contributed by atoms with van der Waals surface area (Å²) < 4.78 is 0. The van der Waals surface area contributed by atoms with Gasteiger partial charge in [0.25, 0.3) is 5.91 Å². The normalized spacial score (nSPS) is 10.6. The largest absolute Gasteiger partial charge is 0.382 e. The van der Waals surface area contributed by atoms with Crippen LogP contribution in [0.3, 0.4) is 0 Å². The summed E-state index contributed by atoms with van der Waals surface area (Å²) in [4.78, 5) is 29.2. The van der Waals surface area contributed by atoms with Gasteiger partial charge < -0.3 is 22.1 Å². The predicted molar refractivity (Wildman–Crippen MR) is 118 cm³/mol. The molecule has 150 valence electrons. The Hall–Kier alpha value is -2.65. The third-order valence-corrected chi connectivity index (χ3v) is 5.49. The van der Waals surface area contributed by atoms with E-state index in [4.69, 9.17) is 34.7 Å². The minimum absolute atomic E-state index is 0.0799. The van der Waals surface area contributed by atoms with Crippen LogP contribution in [0.15, 0.2) is 42.5 Å². The number of nitrogens with one attached hydrogen (secondary N) is 2. The van der Waals surface area contributed by atoms with Crippen LogP contribution in [0.5, 0.6) is 0 Å². The van der Waals surface area contributed by atoms with Gasteiger partial charge in [0.15, 0.2) is 5.13 Å². The Labute approximate surface area is 181 Å². The Bertz CT molecular complexity index is 1030. The minimum Gasteiger partial charge on any atom is -0.382 e. The van der Waals surface area contributed by atoms with Gasteiger partial charge in [0.1, 0.15) is 10.7 Å². The highest BCUT2D eigenvalue weighted by molar-refractivity contribution is 7.18. The molecule has 0 bridgehead atoms. The van der Waals surface area contributed by atoms with Gasteiger partial charge in [-0.25, -0.2) is 4.98 Å². The third kappa shape index (κ3) is 4.86. The maximum atomic E-state index is 12.8. The monoisotopic (exact) mass is 449 g/mol. The van der Waals surface area contributed by atoms with E-state index in [0.717, 1.165) is 11.3 Å². The van der Waals surface area contributed by atoms with Crippen LogP contribution < -0.4 is 22.1 Å². The van der Waals surface area contributed by atoms with Crippen molar-refractivity contribution >= 4 is 62.9 Å². The molecule has 1 amide bonds. The van der Waals surface area contributed by atoms with E-state index in [1.165, 1.54) is 0 Å². The lowest BCUT2D eigenvalue weighted by Gasteiger charge is -2.06. The number of amides is 1. The molecule has 0 fully saturated rings. The molecule has 0 saturated carbocycles. The lowest BCUT2D eigenvalue weighted by Crippen LogP contribution is -2.28. The highest BCUT2D eigenvalue weighted by atomic mass is 35.5. The molecule has 0 unspecified atom stereocenters. The fourth-order valence-corrected chi connectivity index (χ4v) is 3.91. The van der Waals surface area contributed by atoms with Crippen molar-refractivity contribution in [3.63, 3.8) is 0 Å². The van der Waals surface area contributed by atoms with Crippen LogP contribution in [0.2, 0.25) is 10.0 Å². The maximum absolute atomic E-state index is 12.8. The molecule has 0 atom stereocenters. The number of carbonyl (C=O) groups excluding carboxylic acids is 2. The fourth-order valence-electron chi connectivity index (χ4n) is 2.49. The summed E-state index contributed by atoms with van der Waals surface area (Å²) in [6.45, 7) is 0.779. The molecule has 2 aromatic carbocycles. The van der Waals surface area contributed by atoms with Crippen LogP contribution in [0.25, 0.3) is 0 Å². The van der Waals surface area contributed by atoms with Crippen LogP contribution in [0, 0.1) is 0 Å². The van der Waals surface area contributed by atoms with Gasteiger partial charge in [0.2, 0.25) is 5.78 Å². The number of halogens is 2. The summed E-state index contributed by atoms with van der Waals surface area (Å²) in [6.07, 6.45) is 0. The number of benzene rings is 2. The highest BCUT2D eigenvalue weighted by Gasteiger charge is 2.22. The zero-order chi connectivity index (χ0) is 21.0. The number of nitrogen functional groups attached to an aromatic ring is 1. The number of nitrogens with two attached hydrogens (primary N) is 2. The zero-order valence-corrected chi connectivity index (χ0v) is 17.4. The van der Waals surface area contributed by atoms with E-state index in [0.29, 0.717) is 29.5 Å². The highest BCUT2D eigenvalue weighted by Crippen LogP contribution is 2.33. The molecule has 1 heterocycles. The molecule has 3 aromatic rings. The van der Waals surface area contributed by atoms with Crippen molar-refractivity contribution in [3.05, 3.63) is 68.5 Å². The van der Waals surface area contributed by atoms with Crippen LogP contribution in [0.4, 0.5) is 16.6 Å². The second-order valence-corrected chi connectivity index (χ2v) is 7.72. The number of anilines is 3. The van der Waals surface area contributed by atoms with E-state index < -0.39 is 5.78 Å². The van der Waals surface area contributed by atoms with Gasteiger partial charge in [-0.1, -0.05) is 40.6 Å². The number of rotatable bonds is 7. The molecule has 7 nitrogen and oxygen atoms in total. The number of aromatic nitrogens is 1. The average molecular weight is 450 g/mol. The SMILES string of the molecule is NCCNC(=O)c1ccc(Nc2nc(N)c(C(=O)c3c(Cl)cccc3Cl)s2)cc1. The summed E-state index contributed by atoms with van der Waals surface area (Å²) in [5.74, 6) is -0.517. The molecular weight excluding hydrogens is 433 g/mol. The van der Waals surface area contributed by atoms with Gasteiger partial charge in [-0.2, -0.15) is 0 Å². The summed E-state index contributed by atoms with van der Waals surface area (Å²) in [7, 11) is 0. The zero-order valence-electron chi connectivity index (χ0n) is 15.0. The number of ketones is 1. The van der Waals surface area contributed by atoms with E-state index in [9.17, 15) is 9.59 Å². The minimum atomic E-state index is -0.393. The lowest BCUT2D eigenvalue weighted by molar-refractivity contribution is 0.0954. The molecule has 0 spiro atoms. The number of thiazole rings is 1. The second-order valence-electron chi connectivity index (χ2n) is 5.91. The number of hydrogen-bond donors (Lipinski definition) is 4. The second kappa shape index (κ2) is 9.23. The van der Waals surface area contributed by atoms with E-state index in [1.807, 2.05) is 0 Å². The molecule has 1 aromatic heterocycles. The molecular formula is C19H17Cl2N5O2S. The van der Waals surface area contributed by atoms with Crippen molar-refractivity contribution in [2.24, 2.45) is 5.73 Å². The van der Waals surface area contributed by atoms with E-state index in [2.05, 4.69) is 15.6 Å². The van der Waals surface area contributed by atoms with Gasteiger partial charge in [0.05, 0.1) is 15.6 Å². The molecule has 0 saturated heterocycles. The predicted octanol–water partition coefficient (Wildman–Crippen LogP) is 3.70. The fraction of sp³-hybridized carbons (Fsp3) is 0.105. The molecule has 0 aliphatic heterocycles. The van der Waals surface area contributed by atoms with Crippen LogP contribution in [-0.2, 0) is 0 Å². The van der Waals surface area contributed by atoms with Gasteiger partial charge in [0, 0.05) is 24.3 Å². The summed E-state index contributed by atoms with van der Waals surface area (Å²) >= 11 is 13.3. The Morgan fingerprint density at radius 3 is 2.34 bits per heavy atom. The van der Waals surface area contributed by atoms with Crippen molar-refractivity contribution in [1.29, 1.82) is 0 Å². The number of carbonyl (C=O) groups is 2.